The Morgan fingerprint density at radius 3 is 2.89 bits per heavy atom. The van der Waals surface area contributed by atoms with E-state index in [1.54, 1.807) is 6.26 Å². The van der Waals surface area contributed by atoms with Crippen LogP contribution in [0.1, 0.15) is 12.7 Å². The molecule has 1 amide bonds. The van der Waals surface area contributed by atoms with E-state index in [9.17, 15) is 4.79 Å². The number of nitrogens with zero attached hydrogens (tertiary/aromatic N) is 4. The number of fused-ring (bicyclic) bond motifs is 1. The van der Waals surface area contributed by atoms with Gasteiger partial charge in [-0.05, 0) is 32.0 Å². The van der Waals surface area contributed by atoms with Crippen LogP contribution in [0.4, 0.5) is 5.13 Å². The summed E-state index contributed by atoms with van der Waals surface area (Å²) in [5.74, 6) is 1.66. The SMILES string of the molecule is CCn1c(SCC(=O)Nc2nc3ccccc3s2)nnc1-c1ccoc1C. The van der Waals surface area contributed by atoms with Crippen molar-refractivity contribution in [1.82, 2.24) is 19.7 Å². The number of furan rings is 1. The first-order valence-corrected chi connectivity index (χ1v) is 10.2. The number of aryl methyl sites for hydroxylation is 1. The number of hydrogen-bond acceptors (Lipinski definition) is 7. The topological polar surface area (TPSA) is 85.8 Å². The smallest absolute Gasteiger partial charge is 0.236 e. The van der Waals surface area contributed by atoms with Gasteiger partial charge in [-0.15, -0.1) is 10.2 Å². The van der Waals surface area contributed by atoms with Crippen LogP contribution in [0.25, 0.3) is 21.6 Å². The summed E-state index contributed by atoms with van der Waals surface area (Å²) in [6.07, 6.45) is 1.64. The second-order valence-corrected chi connectivity index (χ2v) is 7.74. The lowest BCUT2D eigenvalue weighted by Crippen LogP contribution is -2.14. The average molecular weight is 400 g/mol. The molecule has 138 valence electrons. The number of anilines is 1. The molecule has 1 aromatic carbocycles. The molecule has 0 atom stereocenters. The van der Waals surface area contributed by atoms with Crippen LogP contribution >= 0.6 is 23.1 Å². The third kappa shape index (κ3) is 3.60. The van der Waals surface area contributed by atoms with Crippen molar-refractivity contribution in [2.75, 3.05) is 11.1 Å². The molecule has 3 aromatic heterocycles. The monoisotopic (exact) mass is 399 g/mol. The predicted octanol–water partition coefficient (Wildman–Crippen LogP) is 4.21. The molecular weight excluding hydrogens is 382 g/mol. The Hall–Kier alpha value is -2.65. The van der Waals surface area contributed by atoms with Gasteiger partial charge in [0, 0.05) is 6.54 Å². The molecule has 0 saturated heterocycles. The summed E-state index contributed by atoms with van der Waals surface area (Å²) in [7, 11) is 0. The zero-order valence-corrected chi connectivity index (χ0v) is 16.4. The van der Waals surface area contributed by atoms with Gasteiger partial charge < -0.3 is 14.3 Å². The van der Waals surface area contributed by atoms with Crippen molar-refractivity contribution in [3.63, 3.8) is 0 Å². The summed E-state index contributed by atoms with van der Waals surface area (Å²) in [6.45, 7) is 4.62. The van der Waals surface area contributed by atoms with Crippen molar-refractivity contribution in [3.05, 3.63) is 42.4 Å². The number of thiazole rings is 1. The fourth-order valence-electron chi connectivity index (χ4n) is 2.71. The Balaban J connectivity index is 1.44. The molecule has 9 heteroatoms. The summed E-state index contributed by atoms with van der Waals surface area (Å²) in [6, 6.07) is 9.68. The molecule has 0 saturated carbocycles. The van der Waals surface area contributed by atoms with Gasteiger partial charge in [0.05, 0.1) is 27.8 Å². The molecule has 0 fully saturated rings. The number of para-hydroxylation sites is 1. The molecule has 3 heterocycles. The van der Waals surface area contributed by atoms with E-state index in [2.05, 4.69) is 20.5 Å². The Bertz CT molecular complexity index is 1070. The molecule has 0 aliphatic rings. The average Bonchev–Trinajstić information content (AvgIpc) is 3.36. The normalized spacial score (nSPS) is 11.2. The first-order chi connectivity index (χ1) is 13.2. The molecule has 4 rings (SSSR count). The van der Waals surface area contributed by atoms with E-state index in [0.29, 0.717) is 16.8 Å². The van der Waals surface area contributed by atoms with E-state index in [-0.39, 0.29) is 11.7 Å². The van der Waals surface area contributed by atoms with Crippen molar-refractivity contribution >= 4 is 44.4 Å². The lowest BCUT2D eigenvalue weighted by molar-refractivity contribution is -0.113. The number of nitrogens with one attached hydrogen (secondary N) is 1. The maximum absolute atomic E-state index is 12.3. The molecule has 27 heavy (non-hydrogen) atoms. The maximum Gasteiger partial charge on any atom is 0.236 e. The van der Waals surface area contributed by atoms with Crippen molar-refractivity contribution < 1.29 is 9.21 Å². The van der Waals surface area contributed by atoms with E-state index in [4.69, 9.17) is 4.42 Å². The van der Waals surface area contributed by atoms with Gasteiger partial charge >= 0.3 is 0 Å². The van der Waals surface area contributed by atoms with Crippen molar-refractivity contribution in [2.24, 2.45) is 0 Å². The Kier molecular flexibility index (Phi) is 4.95. The number of thioether (sulfide) groups is 1. The van der Waals surface area contributed by atoms with Gasteiger partial charge in [-0.25, -0.2) is 4.98 Å². The summed E-state index contributed by atoms with van der Waals surface area (Å²) in [5, 5.41) is 12.7. The summed E-state index contributed by atoms with van der Waals surface area (Å²) in [5.41, 5.74) is 1.80. The minimum Gasteiger partial charge on any atom is -0.469 e. The molecule has 0 radical (unpaired) electrons. The number of carbonyl (C=O) groups is 1. The van der Waals surface area contributed by atoms with E-state index < -0.39 is 0 Å². The van der Waals surface area contributed by atoms with Gasteiger partial charge in [0.1, 0.15) is 5.76 Å². The molecular formula is C18H17N5O2S2. The number of rotatable bonds is 6. The van der Waals surface area contributed by atoms with Crippen molar-refractivity contribution in [1.29, 1.82) is 0 Å². The van der Waals surface area contributed by atoms with E-state index in [1.807, 2.05) is 48.7 Å². The van der Waals surface area contributed by atoms with Crippen LogP contribution in [-0.2, 0) is 11.3 Å². The maximum atomic E-state index is 12.3. The molecule has 0 bridgehead atoms. The fourth-order valence-corrected chi connectivity index (χ4v) is 4.39. The van der Waals surface area contributed by atoms with Gasteiger partial charge in [-0.1, -0.05) is 35.2 Å². The zero-order valence-electron chi connectivity index (χ0n) is 14.8. The second-order valence-electron chi connectivity index (χ2n) is 5.76. The second kappa shape index (κ2) is 7.53. The zero-order chi connectivity index (χ0) is 18.8. The largest absolute Gasteiger partial charge is 0.469 e. The number of aromatic nitrogens is 4. The van der Waals surface area contributed by atoms with Crippen LogP contribution in [0.3, 0.4) is 0 Å². The van der Waals surface area contributed by atoms with Crippen molar-refractivity contribution in [2.45, 2.75) is 25.5 Å². The Morgan fingerprint density at radius 1 is 1.30 bits per heavy atom. The lowest BCUT2D eigenvalue weighted by Gasteiger charge is -2.06. The molecule has 0 aliphatic carbocycles. The summed E-state index contributed by atoms with van der Waals surface area (Å²) >= 11 is 2.82. The molecule has 4 aromatic rings. The van der Waals surface area contributed by atoms with Crippen LogP contribution in [0, 0.1) is 6.92 Å². The molecule has 1 N–H and O–H groups in total. The number of benzene rings is 1. The van der Waals surface area contributed by atoms with Gasteiger partial charge in [0.15, 0.2) is 16.1 Å². The minimum atomic E-state index is -0.120. The van der Waals surface area contributed by atoms with E-state index >= 15 is 0 Å². The molecule has 0 spiro atoms. The third-order valence-electron chi connectivity index (χ3n) is 4.01. The van der Waals surface area contributed by atoms with E-state index in [1.165, 1.54) is 23.1 Å². The van der Waals surface area contributed by atoms with Crippen molar-refractivity contribution in [3.8, 4) is 11.4 Å². The first kappa shape index (κ1) is 17.7. The first-order valence-electron chi connectivity index (χ1n) is 8.41. The Labute approximate surface area is 163 Å². The highest BCUT2D eigenvalue weighted by atomic mass is 32.2. The van der Waals surface area contributed by atoms with Crippen LogP contribution in [0.2, 0.25) is 0 Å². The summed E-state index contributed by atoms with van der Waals surface area (Å²) < 4.78 is 8.39. The third-order valence-corrected chi connectivity index (χ3v) is 5.92. The summed E-state index contributed by atoms with van der Waals surface area (Å²) in [4.78, 5) is 16.7. The standard InChI is InChI=1S/C18H17N5O2S2/c1-3-23-16(12-8-9-25-11(12)2)21-22-18(23)26-10-15(24)20-17-19-13-6-4-5-7-14(13)27-17/h4-9H,3,10H2,1-2H3,(H,19,20,24). The highest BCUT2D eigenvalue weighted by Crippen LogP contribution is 2.28. The quantitative estimate of drug-likeness (QED) is 0.489. The minimum absolute atomic E-state index is 0.120. The Morgan fingerprint density at radius 2 is 2.15 bits per heavy atom. The number of amides is 1. The highest BCUT2D eigenvalue weighted by molar-refractivity contribution is 7.99. The van der Waals surface area contributed by atoms with Crippen LogP contribution in [0.15, 0.2) is 46.2 Å². The molecule has 7 nitrogen and oxygen atoms in total. The van der Waals surface area contributed by atoms with Gasteiger partial charge in [0.25, 0.3) is 0 Å². The van der Waals surface area contributed by atoms with Gasteiger partial charge in [0.2, 0.25) is 5.91 Å². The van der Waals surface area contributed by atoms with Crippen LogP contribution in [0.5, 0.6) is 0 Å². The predicted molar refractivity (Wildman–Crippen MR) is 107 cm³/mol. The van der Waals surface area contributed by atoms with Gasteiger partial charge in [-0.3, -0.25) is 4.79 Å². The highest BCUT2D eigenvalue weighted by Gasteiger charge is 2.17. The van der Waals surface area contributed by atoms with Gasteiger partial charge in [-0.2, -0.15) is 0 Å². The van der Waals surface area contributed by atoms with Crippen LogP contribution < -0.4 is 5.32 Å². The lowest BCUT2D eigenvalue weighted by atomic mass is 10.2. The fraction of sp³-hybridized carbons (Fsp3) is 0.222. The number of carbonyl (C=O) groups excluding carboxylic acids is 1. The van der Waals surface area contributed by atoms with Crippen LogP contribution in [-0.4, -0.2) is 31.4 Å². The number of hydrogen-bond donors (Lipinski definition) is 1. The molecule has 0 unspecified atom stereocenters. The van der Waals surface area contributed by atoms with E-state index in [0.717, 1.165) is 27.4 Å². The molecule has 0 aliphatic heterocycles.